The van der Waals surface area contributed by atoms with Crippen LogP contribution in [0.5, 0.6) is 5.75 Å². The monoisotopic (exact) mass is 379 g/mol. The number of carbonyl (C=O) groups is 1. The highest BCUT2D eigenvalue weighted by molar-refractivity contribution is 9.10. The highest BCUT2D eigenvalue weighted by Gasteiger charge is 2.14. The Labute approximate surface area is 140 Å². The Bertz CT molecular complexity index is 860. The second-order valence-electron chi connectivity index (χ2n) is 4.57. The number of hydrogen-bond acceptors (Lipinski definition) is 3. The van der Waals surface area contributed by atoms with E-state index in [-0.39, 0.29) is 11.7 Å². The third kappa shape index (κ3) is 2.82. The lowest BCUT2D eigenvalue weighted by molar-refractivity contribution is 0.0998. The summed E-state index contributed by atoms with van der Waals surface area (Å²) in [6, 6.07) is 12.3. The van der Waals surface area contributed by atoms with Gasteiger partial charge in [-0.2, -0.15) is 0 Å². The van der Waals surface area contributed by atoms with Gasteiger partial charge in [-0.05, 0) is 36.4 Å². The molecule has 0 spiro atoms. The van der Waals surface area contributed by atoms with Crippen LogP contribution in [0.4, 0.5) is 5.69 Å². The summed E-state index contributed by atoms with van der Waals surface area (Å²) in [7, 11) is 1.53. The van der Waals surface area contributed by atoms with Gasteiger partial charge in [-0.1, -0.05) is 33.6 Å². The summed E-state index contributed by atoms with van der Waals surface area (Å²) in [5.74, 6) is 0.436. The Morgan fingerprint density at radius 3 is 2.77 bits per heavy atom. The molecular formula is C16H11BrClNO3. The highest BCUT2D eigenvalue weighted by Crippen LogP contribution is 2.29. The van der Waals surface area contributed by atoms with Crippen LogP contribution in [0, 0.1) is 0 Å². The molecule has 0 aliphatic rings. The Morgan fingerprint density at radius 2 is 2.09 bits per heavy atom. The van der Waals surface area contributed by atoms with Gasteiger partial charge in [0.15, 0.2) is 5.76 Å². The number of benzene rings is 2. The smallest absolute Gasteiger partial charge is 0.291 e. The van der Waals surface area contributed by atoms with E-state index in [9.17, 15) is 4.79 Å². The molecular weight excluding hydrogens is 370 g/mol. The van der Waals surface area contributed by atoms with Crippen molar-refractivity contribution in [2.75, 3.05) is 12.4 Å². The van der Waals surface area contributed by atoms with Crippen LogP contribution >= 0.6 is 27.5 Å². The van der Waals surface area contributed by atoms with E-state index in [2.05, 4.69) is 21.2 Å². The summed E-state index contributed by atoms with van der Waals surface area (Å²) < 4.78 is 11.5. The molecule has 0 saturated carbocycles. The van der Waals surface area contributed by atoms with E-state index in [4.69, 9.17) is 20.8 Å². The van der Waals surface area contributed by atoms with Crippen molar-refractivity contribution in [2.24, 2.45) is 0 Å². The van der Waals surface area contributed by atoms with Crippen molar-refractivity contribution >= 4 is 50.1 Å². The maximum Gasteiger partial charge on any atom is 0.291 e. The number of amides is 1. The number of hydrogen-bond donors (Lipinski definition) is 1. The normalized spacial score (nSPS) is 10.7. The van der Waals surface area contributed by atoms with Crippen molar-refractivity contribution in [1.29, 1.82) is 0 Å². The number of methoxy groups -OCH3 is 1. The van der Waals surface area contributed by atoms with Gasteiger partial charge in [-0.15, -0.1) is 0 Å². The molecule has 1 heterocycles. The van der Waals surface area contributed by atoms with Gasteiger partial charge in [0, 0.05) is 15.5 Å². The first-order valence-electron chi connectivity index (χ1n) is 6.41. The fourth-order valence-corrected chi connectivity index (χ4v) is 2.79. The molecule has 1 N–H and O–H groups in total. The third-order valence-electron chi connectivity index (χ3n) is 3.14. The van der Waals surface area contributed by atoms with Gasteiger partial charge >= 0.3 is 0 Å². The van der Waals surface area contributed by atoms with E-state index in [1.54, 1.807) is 30.3 Å². The number of fused-ring (bicyclic) bond motifs is 1. The van der Waals surface area contributed by atoms with E-state index in [0.29, 0.717) is 22.0 Å². The molecule has 3 aromatic rings. The van der Waals surface area contributed by atoms with Crippen LogP contribution in [0.3, 0.4) is 0 Å². The molecule has 0 radical (unpaired) electrons. The first kappa shape index (κ1) is 14.9. The minimum atomic E-state index is -0.343. The molecule has 2 aromatic carbocycles. The lowest BCUT2D eigenvalue weighted by atomic mass is 10.2. The molecule has 0 saturated heterocycles. The maximum atomic E-state index is 12.3. The molecule has 4 nitrogen and oxygen atoms in total. The van der Waals surface area contributed by atoms with E-state index in [1.165, 1.54) is 7.11 Å². The van der Waals surface area contributed by atoms with Gasteiger partial charge in [0.1, 0.15) is 11.3 Å². The Hall–Kier alpha value is -1.98. The summed E-state index contributed by atoms with van der Waals surface area (Å²) >= 11 is 9.47. The van der Waals surface area contributed by atoms with Crippen LogP contribution in [0.25, 0.3) is 11.0 Å². The molecule has 0 bridgehead atoms. The lowest BCUT2D eigenvalue weighted by Gasteiger charge is -2.06. The minimum absolute atomic E-state index is 0.230. The van der Waals surface area contributed by atoms with Crippen molar-refractivity contribution in [2.45, 2.75) is 0 Å². The number of nitrogens with one attached hydrogen (secondary N) is 1. The zero-order valence-electron chi connectivity index (χ0n) is 11.5. The topological polar surface area (TPSA) is 51.5 Å². The fourth-order valence-electron chi connectivity index (χ4n) is 2.07. The quantitative estimate of drug-likeness (QED) is 0.687. The predicted molar refractivity (Wildman–Crippen MR) is 89.9 cm³/mol. The van der Waals surface area contributed by atoms with Gasteiger partial charge in [0.25, 0.3) is 5.91 Å². The van der Waals surface area contributed by atoms with Crippen LogP contribution in [-0.2, 0) is 0 Å². The Balaban J connectivity index is 1.87. The van der Waals surface area contributed by atoms with Crippen LogP contribution in [0.1, 0.15) is 10.6 Å². The van der Waals surface area contributed by atoms with Gasteiger partial charge in [0.05, 0.1) is 12.1 Å². The zero-order chi connectivity index (χ0) is 15.7. The van der Waals surface area contributed by atoms with Gasteiger partial charge in [-0.3, -0.25) is 4.79 Å². The molecule has 6 heteroatoms. The SMILES string of the molecule is COc1ccc(NC(=O)c2cc3c(Br)cccc3o2)cc1Cl. The average Bonchev–Trinajstić information content (AvgIpc) is 2.93. The minimum Gasteiger partial charge on any atom is -0.495 e. The molecule has 0 aliphatic carbocycles. The molecule has 1 amide bonds. The fraction of sp³-hybridized carbons (Fsp3) is 0.0625. The van der Waals surface area contributed by atoms with Crippen molar-refractivity contribution < 1.29 is 13.9 Å². The summed E-state index contributed by atoms with van der Waals surface area (Å²) in [4.78, 5) is 12.3. The van der Waals surface area contributed by atoms with Crippen LogP contribution in [0.2, 0.25) is 5.02 Å². The number of furan rings is 1. The second kappa shape index (κ2) is 6.02. The summed E-state index contributed by atoms with van der Waals surface area (Å²) in [5.41, 5.74) is 1.21. The van der Waals surface area contributed by atoms with Gasteiger partial charge < -0.3 is 14.5 Å². The first-order valence-corrected chi connectivity index (χ1v) is 7.58. The molecule has 3 rings (SSSR count). The third-order valence-corrected chi connectivity index (χ3v) is 4.13. The summed E-state index contributed by atoms with van der Waals surface area (Å²) in [6.07, 6.45) is 0. The van der Waals surface area contributed by atoms with E-state index in [0.717, 1.165) is 9.86 Å². The van der Waals surface area contributed by atoms with Crippen LogP contribution in [0.15, 0.2) is 51.4 Å². The van der Waals surface area contributed by atoms with Crippen molar-refractivity contribution in [3.8, 4) is 5.75 Å². The van der Waals surface area contributed by atoms with E-state index >= 15 is 0 Å². The van der Waals surface area contributed by atoms with E-state index in [1.807, 2.05) is 12.1 Å². The molecule has 0 atom stereocenters. The first-order chi connectivity index (χ1) is 10.6. The number of rotatable bonds is 3. The molecule has 22 heavy (non-hydrogen) atoms. The largest absolute Gasteiger partial charge is 0.495 e. The molecule has 0 fully saturated rings. The Morgan fingerprint density at radius 1 is 1.27 bits per heavy atom. The molecule has 0 unspecified atom stereocenters. The van der Waals surface area contributed by atoms with E-state index < -0.39 is 0 Å². The van der Waals surface area contributed by atoms with Gasteiger partial charge in [-0.25, -0.2) is 0 Å². The van der Waals surface area contributed by atoms with Crippen molar-refractivity contribution in [3.63, 3.8) is 0 Å². The number of anilines is 1. The van der Waals surface area contributed by atoms with Crippen molar-refractivity contribution in [1.82, 2.24) is 0 Å². The molecule has 112 valence electrons. The number of halogens is 2. The molecule has 1 aromatic heterocycles. The molecule has 0 aliphatic heterocycles. The van der Waals surface area contributed by atoms with Crippen molar-refractivity contribution in [3.05, 3.63) is 57.7 Å². The Kier molecular flexibility index (Phi) is 4.09. The maximum absolute atomic E-state index is 12.3. The number of carbonyl (C=O) groups excluding carboxylic acids is 1. The second-order valence-corrected chi connectivity index (χ2v) is 5.83. The van der Waals surface area contributed by atoms with Crippen LogP contribution < -0.4 is 10.1 Å². The highest BCUT2D eigenvalue weighted by atomic mass is 79.9. The summed E-state index contributed by atoms with van der Waals surface area (Å²) in [6.45, 7) is 0. The number of ether oxygens (including phenoxy) is 1. The predicted octanol–water partition coefficient (Wildman–Crippen LogP) is 5.11. The zero-order valence-corrected chi connectivity index (χ0v) is 13.9. The van der Waals surface area contributed by atoms with Crippen LogP contribution in [-0.4, -0.2) is 13.0 Å². The van der Waals surface area contributed by atoms with Gasteiger partial charge in [0.2, 0.25) is 0 Å². The standard InChI is InChI=1S/C16H11BrClNO3/c1-21-14-6-5-9(7-12(14)18)19-16(20)15-8-10-11(17)3-2-4-13(10)22-15/h2-8H,1H3,(H,19,20). The lowest BCUT2D eigenvalue weighted by Crippen LogP contribution is -2.10. The average molecular weight is 381 g/mol. The summed E-state index contributed by atoms with van der Waals surface area (Å²) in [5, 5.41) is 4.01.